The summed E-state index contributed by atoms with van der Waals surface area (Å²) in [5.41, 5.74) is 0.731. The third-order valence-corrected chi connectivity index (χ3v) is 4.65. The lowest BCUT2D eigenvalue weighted by Crippen LogP contribution is -2.32. The first-order valence-corrected chi connectivity index (χ1v) is 8.56. The van der Waals surface area contributed by atoms with Crippen LogP contribution in [0, 0.1) is 0 Å². The molecule has 1 aromatic heterocycles. The number of nitrogens with zero attached hydrogens (tertiary/aromatic N) is 2. The standard InChI is InChI=1S/C15H17ClN4O2S/c1-8(14(21)17-10-4-5-10)23-15-18-13(19-20-15)11-7-9(16)3-6-12(11)22-2/h3,6-8,10H,4-5H2,1-2H3,(H,17,21)(H,18,19,20)/t8-/m1/s1. The van der Waals surface area contributed by atoms with Gasteiger partial charge < -0.3 is 10.1 Å². The third kappa shape index (κ3) is 3.97. The molecule has 1 saturated carbocycles. The molecule has 2 N–H and O–H groups in total. The van der Waals surface area contributed by atoms with Crippen molar-refractivity contribution in [3.63, 3.8) is 0 Å². The van der Waals surface area contributed by atoms with Crippen LogP contribution in [0.3, 0.4) is 0 Å². The molecular formula is C15H17ClN4O2S. The van der Waals surface area contributed by atoms with E-state index in [4.69, 9.17) is 16.3 Å². The number of nitrogens with one attached hydrogen (secondary N) is 2. The molecule has 6 nitrogen and oxygen atoms in total. The number of carbonyl (C=O) groups excluding carboxylic acids is 1. The minimum Gasteiger partial charge on any atom is -0.496 e. The lowest BCUT2D eigenvalue weighted by atomic mass is 10.2. The minimum absolute atomic E-state index is 0.0178. The SMILES string of the molecule is COc1ccc(Cl)cc1-c1nc(S[C@H](C)C(=O)NC2CC2)n[nH]1. The smallest absolute Gasteiger partial charge is 0.233 e. The molecule has 1 aliphatic rings. The van der Waals surface area contributed by atoms with E-state index in [1.807, 2.05) is 6.92 Å². The average molecular weight is 353 g/mol. The minimum atomic E-state index is -0.250. The highest BCUT2D eigenvalue weighted by atomic mass is 35.5. The van der Waals surface area contributed by atoms with Crippen LogP contribution in [0.1, 0.15) is 19.8 Å². The van der Waals surface area contributed by atoms with E-state index in [2.05, 4.69) is 20.5 Å². The molecule has 0 bridgehead atoms. The summed E-state index contributed by atoms with van der Waals surface area (Å²) in [5, 5.41) is 10.9. The van der Waals surface area contributed by atoms with Gasteiger partial charge in [0.2, 0.25) is 11.1 Å². The Hall–Kier alpha value is -1.73. The number of ether oxygens (including phenoxy) is 1. The van der Waals surface area contributed by atoms with Crippen molar-refractivity contribution in [3.05, 3.63) is 23.2 Å². The Morgan fingerprint density at radius 2 is 2.30 bits per heavy atom. The van der Waals surface area contributed by atoms with E-state index in [1.165, 1.54) is 11.8 Å². The van der Waals surface area contributed by atoms with Gasteiger partial charge in [0.1, 0.15) is 5.75 Å². The number of benzene rings is 1. The first-order valence-electron chi connectivity index (χ1n) is 7.30. The summed E-state index contributed by atoms with van der Waals surface area (Å²) >= 11 is 7.35. The Kier molecular flexibility index (Phi) is 4.77. The van der Waals surface area contributed by atoms with Crippen molar-refractivity contribution in [1.82, 2.24) is 20.5 Å². The van der Waals surface area contributed by atoms with Crippen molar-refractivity contribution in [3.8, 4) is 17.1 Å². The highest BCUT2D eigenvalue weighted by Crippen LogP contribution is 2.31. The topological polar surface area (TPSA) is 79.9 Å². The molecule has 1 aliphatic carbocycles. The number of hydrogen-bond acceptors (Lipinski definition) is 5. The molecule has 1 atom stereocenters. The second-order valence-electron chi connectivity index (χ2n) is 5.35. The van der Waals surface area contributed by atoms with Crippen LogP contribution in [-0.2, 0) is 4.79 Å². The number of aromatic nitrogens is 3. The predicted octanol–water partition coefficient (Wildman–Crippen LogP) is 2.89. The van der Waals surface area contributed by atoms with Crippen LogP contribution >= 0.6 is 23.4 Å². The number of thioether (sulfide) groups is 1. The fraction of sp³-hybridized carbons (Fsp3) is 0.400. The van der Waals surface area contributed by atoms with Gasteiger partial charge in [-0.05, 0) is 38.0 Å². The summed E-state index contributed by atoms with van der Waals surface area (Å²) in [6.07, 6.45) is 2.14. The highest BCUT2D eigenvalue weighted by molar-refractivity contribution is 8.00. The van der Waals surface area contributed by atoms with Gasteiger partial charge in [0, 0.05) is 11.1 Å². The van der Waals surface area contributed by atoms with E-state index in [1.54, 1.807) is 25.3 Å². The number of halogens is 1. The van der Waals surface area contributed by atoms with Crippen LogP contribution in [-0.4, -0.2) is 39.5 Å². The maximum atomic E-state index is 12.0. The fourth-order valence-corrected chi connectivity index (χ4v) is 2.95. The Bertz CT molecular complexity index is 717. The lowest BCUT2D eigenvalue weighted by Gasteiger charge is -2.08. The zero-order chi connectivity index (χ0) is 16.4. The quantitative estimate of drug-likeness (QED) is 0.781. The van der Waals surface area contributed by atoms with Crippen LogP contribution < -0.4 is 10.1 Å². The fourth-order valence-electron chi connectivity index (χ4n) is 2.04. The van der Waals surface area contributed by atoms with Gasteiger partial charge in [0.15, 0.2) is 5.82 Å². The number of H-pyrrole nitrogens is 1. The molecular weight excluding hydrogens is 336 g/mol. The molecule has 1 fully saturated rings. The average Bonchev–Trinajstić information content (AvgIpc) is 3.23. The highest BCUT2D eigenvalue weighted by Gasteiger charge is 2.26. The number of amides is 1. The molecule has 8 heteroatoms. The maximum Gasteiger partial charge on any atom is 0.233 e. The van der Waals surface area contributed by atoms with E-state index in [-0.39, 0.29) is 11.2 Å². The van der Waals surface area contributed by atoms with Crippen molar-refractivity contribution in [2.75, 3.05) is 7.11 Å². The van der Waals surface area contributed by atoms with Crippen molar-refractivity contribution < 1.29 is 9.53 Å². The van der Waals surface area contributed by atoms with Crippen molar-refractivity contribution in [2.45, 2.75) is 36.2 Å². The van der Waals surface area contributed by atoms with E-state index >= 15 is 0 Å². The van der Waals surface area contributed by atoms with Gasteiger partial charge in [0.05, 0.1) is 17.9 Å². The van der Waals surface area contributed by atoms with Gasteiger partial charge in [-0.3, -0.25) is 9.89 Å². The summed E-state index contributed by atoms with van der Waals surface area (Å²) in [5.74, 6) is 1.23. The van der Waals surface area contributed by atoms with E-state index in [0.29, 0.717) is 27.8 Å². The van der Waals surface area contributed by atoms with Crippen LogP contribution in [0.15, 0.2) is 23.4 Å². The molecule has 2 aromatic rings. The van der Waals surface area contributed by atoms with Gasteiger partial charge in [-0.2, -0.15) is 0 Å². The maximum absolute atomic E-state index is 12.0. The van der Waals surface area contributed by atoms with Crippen LogP contribution in [0.5, 0.6) is 5.75 Å². The molecule has 0 spiro atoms. The van der Waals surface area contributed by atoms with Gasteiger partial charge in [-0.15, -0.1) is 5.10 Å². The Balaban J connectivity index is 1.72. The van der Waals surface area contributed by atoms with Crippen molar-refractivity contribution >= 4 is 29.3 Å². The number of rotatable bonds is 6. The summed E-state index contributed by atoms with van der Waals surface area (Å²) in [6.45, 7) is 1.85. The Morgan fingerprint density at radius 1 is 1.52 bits per heavy atom. The molecule has 1 amide bonds. The number of hydrogen-bond donors (Lipinski definition) is 2. The van der Waals surface area contributed by atoms with E-state index in [9.17, 15) is 4.79 Å². The summed E-state index contributed by atoms with van der Waals surface area (Å²) in [4.78, 5) is 16.4. The van der Waals surface area contributed by atoms with E-state index in [0.717, 1.165) is 18.4 Å². The zero-order valence-corrected chi connectivity index (χ0v) is 14.4. The second-order valence-corrected chi connectivity index (χ2v) is 7.10. The molecule has 122 valence electrons. The monoisotopic (exact) mass is 352 g/mol. The molecule has 0 aliphatic heterocycles. The molecule has 1 aromatic carbocycles. The van der Waals surface area contributed by atoms with Gasteiger partial charge >= 0.3 is 0 Å². The molecule has 23 heavy (non-hydrogen) atoms. The Morgan fingerprint density at radius 3 is 3.00 bits per heavy atom. The number of carbonyl (C=O) groups is 1. The second kappa shape index (κ2) is 6.80. The molecule has 0 unspecified atom stereocenters. The van der Waals surface area contributed by atoms with Crippen molar-refractivity contribution in [2.24, 2.45) is 0 Å². The van der Waals surface area contributed by atoms with Gasteiger partial charge in [0.25, 0.3) is 0 Å². The lowest BCUT2D eigenvalue weighted by molar-refractivity contribution is -0.120. The van der Waals surface area contributed by atoms with Crippen LogP contribution in [0.4, 0.5) is 0 Å². The predicted molar refractivity (Wildman–Crippen MR) is 89.9 cm³/mol. The molecule has 3 rings (SSSR count). The third-order valence-electron chi connectivity index (χ3n) is 3.46. The largest absolute Gasteiger partial charge is 0.496 e. The zero-order valence-electron chi connectivity index (χ0n) is 12.8. The molecule has 1 heterocycles. The molecule has 0 saturated heterocycles. The van der Waals surface area contributed by atoms with Crippen LogP contribution in [0.25, 0.3) is 11.4 Å². The van der Waals surface area contributed by atoms with E-state index < -0.39 is 0 Å². The summed E-state index contributed by atoms with van der Waals surface area (Å²) in [6, 6.07) is 5.64. The first kappa shape index (κ1) is 16.1. The number of methoxy groups -OCH3 is 1. The van der Waals surface area contributed by atoms with Crippen LogP contribution in [0.2, 0.25) is 5.02 Å². The van der Waals surface area contributed by atoms with Gasteiger partial charge in [-0.25, -0.2) is 4.98 Å². The number of aromatic amines is 1. The summed E-state index contributed by atoms with van der Waals surface area (Å²) in [7, 11) is 1.59. The van der Waals surface area contributed by atoms with Crippen molar-refractivity contribution in [1.29, 1.82) is 0 Å². The normalized spacial score (nSPS) is 15.3. The summed E-state index contributed by atoms with van der Waals surface area (Å²) < 4.78 is 5.32. The van der Waals surface area contributed by atoms with Gasteiger partial charge in [-0.1, -0.05) is 23.4 Å². The molecule has 0 radical (unpaired) electrons. The first-order chi connectivity index (χ1) is 11.1. The Labute approximate surface area is 143 Å².